The van der Waals surface area contributed by atoms with Gasteiger partial charge in [-0.25, -0.2) is 8.42 Å². The summed E-state index contributed by atoms with van der Waals surface area (Å²) in [6.07, 6.45) is 1.85. The predicted molar refractivity (Wildman–Crippen MR) is 73.0 cm³/mol. The maximum atomic E-state index is 12.6. The Morgan fingerprint density at radius 3 is 2.63 bits per heavy atom. The number of thiophene rings is 1. The van der Waals surface area contributed by atoms with Gasteiger partial charge in [-0.05, 0) is 39.2 Å². The van der Waals surface area contributed by atoms with Gasteiger partial charge >= 0.3 is 5.97 Å². The van der Waals surface area contributed by atoms with Crippen LogP contribution in [0.3, 0.4) is 0 Å². The van der Waals surface area contributed by atoms with Crippen molar-refractivity contribution in [3.63, 3.8) is 0 Å². The minimum atomic E-state index is -3.70. The fourth-order valence-electron chi connectivity index (χ4n) is 2.43. The molecule has 1 aliphatic heterocycles. The van der Waals surface area contributed by atoms with E-state index in [-0.39, 0.29) is 11.4 Å². The first kappa shape index (κ1) is 14.5. The zero-order chi connectivity index (χ0) is 14.2. The van der Waals surface area contributed by atoms with Gasteiger partial charge in [0.15, 0.2) is 0 Å². The molecule has 19 heavy (non-hydrogen) atoms. The Labute approximate surface area is 116 Å². The van der Waals surface area contributed by atoms with Crippen molar-refractivity contribution in [2.24, 2.45) is 0 Å². The summed E-state index contributed by atoms with van der Waals surface area (Å²) in [6, 6.07) is 0.696. The van der Waals surface area contributed by atoms with E-state index in [2.05, 4.69) is 0 Å². The third-order valence-corrected chi connectivity index (χ3v) is 6.45. The Balaban J connectivity index is 2.43. The molecule has 1 aromatic heterocycles. The first-order chi connectivity index (χ1) is 8.84. The molecule has 1 saturated heterocycles. The molecule has 2 heterocycles. The zero-order valence-electron chi connectivity index (χ0n) is 10.9. The molecular weight excluding hydrogens is 286 g/mol. The third-order valence-electron chi connectivity index (χ3n) is 3.32. The lowest BCUT2D eigenvalue weighted by Gasteiger charge is -2.31. The van der Waals surface area contributed by atoms with Crippen LogP contribution < -0.4 is 0 Å². The molecule has 0 spiro atoms. The fourth-order valence-corrected chi connectivity index (χ4v) is 5.61. The van der Waals surface area contributed by atoms with Gasteiger partial charge in [0.2, 0.25) is 10.0 Å². The highest BCUT2D eigenvalue weighted by atomic mass is 32.2. The number of aryl methyl sites for hydroxylation is 2. The van der Waals surface area contributed by atoms with E-state index in [0.29, 0.717) is 17.7 Å². The Kier molecular flexibility index (Phi) is 3.98. The van der Waals surface area contributed by atoms with Gasteiger partial charge in [0.1, 0.15) is 6.04 Å². The molecule has 1 N–H and O–H groups in total. The Morgan fingerprint density at radius 2 is 2.11 bits per heavy atom. The lowest BCUT2D eigenvalue weighted by molar-refractivity contribution is -0.142. The minimum Gasteiger partial charge on any atom is -0.480 e. The van der Waals surface area contributed by atoms with Crippen LogP contribution >= 0.6 is 11.3 Å². The largest absolute Gasteiger partial charge is 0.480 e. The van der Waals surface area contributed by atoms with Crippen LogP contribution in [-0.4, -0.2) is 36.4 Å². The number of hydrogen-bond acceptors (Lipinski definition) is 4. The van der Waals surface area contributed by atoms with E-state index in [1.807, 2.05) is 6.92 Å². The average molecular weight is 303 g/mol. The second-order valence-electron chi connectivity index (χ2n) is 4.74. The molecule has 1 aromatic rings. The zero-order valence-corrected chi connectivity index (χ0v) is 12.6. The highest BCUT2D eigenvalue weighted by Crippen LogP contribution is 2.31. The Morgan fingerprint density at radius 1 is 1.42 bits per heavy atom. The molecule has 0 aromatic carbocycles. The van der Waals surface area contributed by atoms with Crippen LogP contribution in [-0.2, 0) is 14.8 Å². The molecule has 0 saturated carbocycles. The summed E-state index contributed by atoms with van der Waals surface area (Å²) in [5.41, 5.74) is 0. The molecule has 5 nitrogen and oxygen atoms in total. The van der Waals surface area contributed by atoms with Crippen LogP contribution in [0.2, 0.25) is 0 Å². The molecule has 0 radical (unpaired) electrons. The van der Waals surface area contributed by atoms with Crippen molar-refractivity contribution in [1.82, 2.24) is 4.31 Å². The van der Waals surface area contributed by atoms with E-state index in [9.17, 15) is 18.3 Å². The van der Waals surface area contributed by atoms with E-state index in [4.69, 9.17) is 0 Å². The Hall–Kier alpha value is -0.920. The predicted octanol–water partition coefficient (Wildman–Crippen LogP) is 1.99. The molecule has 0 amide bonds. The minimum absolute atomic E-state index is 0.253. The summed E-state index contributed by atoms with van der Waals surface area (Å²) >= 11 is 1.42. The van der Waals surface area contributed by atoms with Crippen LogP contribution in [0.5, 0.6) is 0 Å². The molecule has 106 valence electrons. The number of aliphatic carboxylic acids is 1. The number of nitrogens with zero attached hydrogens (tertiary/aromatic N) is 1. The van der Waals surface area contributed by atoms with Crippen molar-refractivity contribution < 1.29 is 18.3 Å². The van der Waals surface area contributed by atoms with Gasteiger partial charge in [-0.15, -0.1) is 11.3 Å². The van der Waals surface area contributed by atoms with Gasteiger partial charge in [0.25, 0.3) is 0 Å². The van der Waals surface area contributed by atoms with Crippen LogP contribution in [0.25, 0.3) is 0 Å². The molecule has 1 aliphatic rings. The third kappa shape index (κ3) is 2.68. The van der Waals surface area contributed by atoms with Crippen LogP contribution in [0, 0.1) is 13.8 Å². The van der Waals surface area contributed by atoms with E-state index >= 15 is 0 Å². The van der Waals surface area contributed by atoms with Crippen LogP contribution in [0.15, 0.2) is 11.0 Å². The molecular formula is C12H17NO4S2. The second kappa shape index (κ2) is 5.22. The summed E-state index contributed by atoms with van der Waals surface area (Å²) in [5.74, 6) is -1.06. The number of carboxylic acids is 1. The number of carbonyl (C=O) groups is 1. The van der Waals surface area contributed by atoms with E-state index in [0.717, 1.165) is 15.6 Å². The van der Waals surface area contributed by atoms with Gasteiger partial charge in [-0.3, -0.25) is 4.79 Å². The lowest BCUT2D eigenvalue weighted by atomic mass is 10.1. The van der Waals surface area contributed by atoms with Gasteiger partial charge in [0.05, 0.1) is 4.90 Å². The smallest absolute Gasteiger partial charge is 0.322 e. The number of piperidine rings is 1. The standard InChI is InChI=1S/C12H17NO4S2/c1-8-7-11(9(2)18-8)19(16,17)13-6-4-3-5-10(13)12(14)15/h7,10H,3-6H2,1-2H3,(H,14,15). The van der Waals surface area contributed by atoms with Crippen molar-refractivity contribution in [1.29, 1.82) is 0 Å². The molecule has 7 heteroatoms. The first-order valence-electron chi connectivity index (χ1n) is 6.15. The highest BCUT2D eigenvalue weighted by Gasteiger charge is 2.38. The topological polar surface area (TPSA) is 74.7 Å². The SMILES string of the molecule is Cc1cc(S(=O)(=O)N2CCCCC2C(=O)O)c(C)s1. The number of rotatable bonds is 3. The van der Waals surface area contributed by atoms with Gasteiger partial charge in [-0.1, -0.05) is 0 Å². The monoisotopic (exact) mass is 303 g/mol. The fraction of sp³-hybridized carbons (Fsp3) is 0.583. The maximum absolute atomic E-state index is 12.6. The molecule has 1 fully saturated rings. The van der Waals surface area contributed by atoms with Crippen LogP contribution in [0.1, 0.15) is 29.0 Å². The van der Waals surface area contributed by atoms with Gasteiger partial charge in [-0.2, -0.15) is 4.31 Å². The molecule has 0 bridgehead atoms. The van der Waals surface area contributed by atoms with Gasteiger partial charge < -0.3 is 5.11 Å². The first-order valence-corrected chi connectivity index (χ1v) is 8.41. The molecule has 1 atom stereocenters. The summed E-state index contributed by atoms with van der Waals surface area (Å²) < 4.78 is 26.4. The van der Waals surface area contributed by atoms with Crippen molar-refractivity contribution in [3.8, 4) is 0 Å². The van der Waals surface area contributed by atoms with E-state index in [1.165, 1.54) is 11.3 Å². The van der Waals surface area contributed by atoms with E-state index < -0.39 is 22.0 Å². The van der Waals surface area contributed by atoms with Crippen molar-refractivity contribution in [3.05, 3.63) is 15.8 Å². The lowest BCUT2D eigenvalue weighted by Crippen LogP contribution is -2.47. The Bertz CT molecular complexity index is 591. The number of hydrogen-bond donors (Lipinski definition) is 1. The van der Waals surface area contributed by atoms with Gasteiger partial charge in [0, 0.05) is 16.3 Å². The molecule has 0 aliphatic carbocycles. The van der Waals surface area contributed by atoms with Crippen LogP contribution in [0.4, 0.5) is 0 Å². The van der Waals surface area contributed by atoms with Crippen molar-refractivity contribution >= 4 is 27.3 Å². The molecule has 2 rings (SSSR count). The summed E-state index contributed by atoms with van der Waals surface area (Å²) in [6.45, 7) is 3.89. The maximum Gasteiger partial charge on any atom is 0.322 e. The summed E-state index contributed by atoms with van der Waals surface area (Å²) in [4.78, 5) is 13.1. The van der Waals surface area contributed by atoms with E-state index in [1.54, 1.807) is 13.0 Å². The molecule has 1 unspecified atom stereocenters. The highest BCUT2D eigenvalue weighted by molar-refractivity contribution is 7.89. The summed E-state index contributed by atoms with van der Waals surface area (Å²) in [7, 11) is -3.70. The summed E-state index contributed by atoms with van der Waals surface area (Å²) in [5, 5.41) is 9.19. The second-order valence-corrected chi connectivity index (χ2v) is 8.06. The number of sulfonamides is 1. The van der Waals surface area contributed by atoms with Crippen molar-refractivity contribution in [2.75, 3.05) is 6.54 Å². The quantitative estimate of drug-likeness (QED) is 0.926. The normalized spacial score (nSPS) is 21.5. The number of carboxylic acid groups (broad SMARTS) is 1. The average Bonchev–Trinajstić information content (AvgIpc) is 2.69. The van der Waals surface area contributed by atoms with Crippen molar-refractivity contribution in [2.45, 2.75) is 44.0 Å².